The van der Waals surface area contributed by atoms with Gasteiger partial charge in [-0.3, -0.25) is 4.98 Å². The zero-order valence-electron chi connectivity index (χ0n) is 12.1. The Morgan fingerprint density at radius 1 is 1.19 bits per heavy atom. The Morgan fingerprint density at radius 2 is 2.00 bits per heavy atom. The van der Waals surface area contributed by atoms with Gasteiger partial charge in [0.25, 0.3) is 0 Å². The molecule has 5 heteroatoms. The molecular formula is C16H17N3OS. The molecule has 108 valence electrons. The summed E-state index contributed by atoms with van der Waals surface area (Å²) in [4.78, 5) is 11.1. The summed E-state index contributed by atoms with van der Waals surface area (Å²) in [7, 11) is 2.04. The molecule has 4 nitrogen and oxygen atoms in total. The highest BCUT2D eigenvalue weighted by molar-refractivity contribution is 7.09. The highest BCUT2D eigenvalue weighted by Gasteiger charge is 2.11. The van der Waals surface area contributed by atoms with Gasteiger partial charge in [-0.15, -0.1) is 11.3 Å². The molecule has 0 spiro atoms. The topological polar surface area (TPSA) is 49.2 Å². The van der Waals surface area contributed by atoms with Gasteiger partial charge in [-0.25, -0.2) is 4.98 Å². The third kappa shape index (κ3) is 2.89. The Kier molecular flexibility index (Phi) is 3.86. The summed E-state index contributed by atoms with van der Waals surface area (Å²) >= 11 is 1.66. The van der Waals surface area contributed by atoms with Crippen molar-refractivity contribution in [2.45, 2.75) is 20.1 Å². The Balaban J connectivity index is 2.01. The van der Waals surface area contributed by atoms with E-state index in [4.69, 9.17) is 0 Å². The monoisotopic (exact) mass is 299 g/mol. The molecule has 0 saturated heterocycles. The molecule has 0 atom stereocenters. The summed E-state index contributed by atoms with van der Waals surface area (Å²) in [5.41, 5.74) is 3.71. The average Bonchev–Trinajstić information content (AvgIpc) is 2.91. The molecule has 0 radical (unpaired) electrons. The predicted octanol–water partition coefficient (Wildman–Crippen LogP) is 3.13. The van der Waals surface area contributed by atoms with Crippen LogP contribution in [-0.4, -0.2) is 22.1 Å². The van der Waals surface area contributed by atoms with E-state index >= 15 is 0 Å². The number of thiazole rings is 1. The van der Waals surface area contributed by atoms with Gasteiger partial charge in [-0.05, 0) is 19.1 Å². The lowest BCUT2D eigenvalue weighted by Crippen LogP contribution is -2.17. The van der Waals surface area contributed by atoms with Crippen molar-refractivity contribution in [1.82, 2.24) is 9.97 Å². The zero-order chi connectivity index (χ0) is 14.8. The van der Waals surface area contributed by atoms with E-state index in [1.807, 2.05) is 38.2 Å². The Morgan fingerprint density at radius 3 is 2.71 bits per heavy atom. The number of para-hydroxylation sites is 1. The van der Waals surface area contributed by atoms with Crippen LogP contribution in [0.25, 0.3) is 10.9 Å². The molecule has 3 aromatic rings. The molecule has 21 heavy (non-hydrogen) atoms. The molecule has 0 aliphatic rings. The number of aliphatic hydroxyl groups is 1. The van der Waals surface area contributed by atoms with E-state index in [0.717, 1.165) is 33.8 Å². The predicted molar refractivity (Wildman–Crippen MR) is 86.6 cm³/mol. The molecule has 1 N–H and O–H groups in total. The quantitative estimate of drug-likeness (QED) is 0.804. The lowest BCUT2D eigenvalue weighted by Gasteiger charge is -2.21. The zero-order valence-corrected chi connectivity index (χ0v) is 12.9. The van der Waals surface area contributed by atoms with Gasteiger partial charge >= 0.3 is 0 Å². The van der Waals surface area contributed by atoms with Gasteiger partial charge < -0.3 is 10.0 Å². The van der Waals surface area contributed by atoms with Crippen LogP contribution in [0.3, 0.4) is 0 Å². The van der Waals surface area contributed by atoms with Gasteiger partial charge in [-0.2, -0.15) is 0 Å². The fraction of sp³-hybridized carbons (Fsp3) is 0.250. The molecule has 2 aromatic heterocycles. The highest BCUT2D eigenvalue weighted by Crippen LogP contribution is 2.27. The maximum absolute atomic E-state index is 9.40. The van der Waals surface area contributed by atoms with Crippen LogP contribution in [-0.2, 0) is 13.2 Å². The number of benzene rings is 1. The van der Waals surface area contributed by atoms with Crippen molar-refractivity contribution in [1.29, 1.82) is 0 Å². The van der Waals surface area contributed by atoms with E-state index in [-0.39, 0.29) is 6.61 Å². The number of aromatic nitrogens is 2. The summed E-state index contributed by atoms with van der Waals surface area (Å²) in [5, 5.41) is 13.7. The summed E-state index contributed by atoms with van der Waals surface area (Å²) in [5.74, 6) is 0. The minimum absolute atomic E-state index is 0.0541. The number of pyridine rings is 1. The van der Waals surface area contributed by atoms with Crippen LogP contribution in [0, 0.1) is 6.92 Å². The molecule has 2 heterocycles. The molecule has 0 amide bonds. The van der Waals surface area contributed by atoms with Crippen molar-refractivity contribution < 1.29 is 5.11 Å². The summed E-state index contributed by atoms with van der Waals surface area (Å²) < 4.78 is 0. The average molecular weight is 299 g/mol. The van der Waals surface area contributed by atoms with E-state index < -0.39 is 0 Å². The van der Waals surface area contributed by atoms with Crippen LogP contribution < -0.4 is 4.90 Å². The Hall–Kier alpha value is -1.98. The molecule has 0 unspecified atom stereocenters. The second-order valence-corrected chi connectivity index (χ2v) is 6.08. The SMILES string of the molecule is Cc1nc(CN(C)c2cc(CO)nc3ccccc23)cs1. The first kappa shape index (κ1) is 14.0. The number of aliphatic hydroxyl groups excluding tert-OH is 1. The number of anilines is 1. The second-order valence-electron chi connectivity index (χ2n) is 5.02. The normalized spacial score (nSPS) is 11.0. The number of hydrogen-bond acceptors (Lipinski definition) is 5. The summed E-state index contributed by atoms with van der Waals surface area (Å²) in [6.45, 7) is 2.70. The first-order valence-electron chi connectivity index (χ1n) is 6.79. The van der Waals surface area contributed by atoms with Gasteiger partial charge in [0, 0.05) is 23.5 Å². The largest absolute Gasteiger partial charge is 0.390 e. The lowest BCUT2D eigenvalue weighted by molar-refractivity contribution is 0.277. The highest BCUT2D eigenvalue weighted by atomic mass is 32.1. The molecular weight excluding hydrogens is 282 g/mol. The Labute approximate surface area is 127 Å². The molecule has 0 aliphatic carbocycles. The fourth-order valence-corrected chi connectivity index (χ4v) is 3.02. The number of rotatable bonds is 4. The van der Waals surface area contributed by atoms with Gasteiger partial charge in [0.1, 0.15) is 0 Å². The minimum Gasteiger partial charge on any atom is -0.390 e. The smallest absolute Gasteiger partial charge is 0.0898 e. The Bertz CT molecular complexity index is 769. The van der Waals surface area contributed by atoms with Crippen LogP contribution in [0.15, 0.2) is 35.7 Å². The second kappa shape index (κ2) is 5.79. The molecule has 0 bridgehead atoms. The maximum Gasteiger partial charge on any atom is 0.0898 e. The summed E-state index contributed by atoms with van der Waals surface area (Å²) in [6, 6.07) is 9.94. The van der Waals surface area contributed by atoms with Crippen molar-refractivity contribution in [3.63, 3.8) is 0 Å². The van der Waals surface area contributed by atoms with Crippen molar-refractivity contribution in [3.8, 4) is 0 Å². The number of hydrogen-bond donors (Lipinski definition) is 1. The van der Waals surface area contributed by atoms with E-state index in [9.17, 15) is 5.11 Å². The first-order valence-corrected chi connectivity index (χ1v) is 7.67. The van der Waals surface area contributed by atoms with Gasteiger partial charge in [0.15, 0.2) is 0 Å². The number of fused-ring (bicyclic) bond motifs is 1. The van der Waals surface area contributed by atoms with Crippen LogP contribution in [0.5, 0.6) is 0 Å². The van der Waals surface area contributed by atoms with Crippen LogP contribution >= 0.6 is 11.3 Å². The molecule has 0 aliphatic heterocycles. The first-order chi connectivity index (χ1) is 10.2. The van der Waals surface area contributed by atoms with Crippen molar-refractivity contribution >= 4 is 27.9 Å². The van der Waals surface area contributed by atoms with E-state index in [1.54, 1.807) is 11.3 Å². The van der Waals surface area contributed by atoms with Gasteiger partial charge in [0.2, 0.25) is 0 Å². The lowest BCUT2D eigenvalue weighted by atomic mass is 10.1. The number of nitrogens with zero attached hydrogens (tertiary/aromatic N) is 3. The summed E-state index contributed by atoms with van der Waals surface area (Å²) in [6.07, 6.45) is 0. The standard InChI is InChI=1S/C16H17N3OS/c1-11-17-13(10-21-11)8-19(2)16-7-12(9-20)18-15-6-4-3-5-14(15)16/h3-7,10,20H,8-9H2,1-2H3. The maximum atomic E-state index is 9.40. The van der Waals surface area contributed by atoms with Crippen LogP contribution in [0.1, 0.15) is 16.4 Å². The van der Waals surface area contributed by atoms with Crippen LogP contribution in [0.4, 0.5) is 5.69 Å². The van der Waals surface area contributed by atoms with Crippen molar-refractivity contribution in [2.75, 3.05) is 11.9 Å². The third-order valence-corrected chi connectivity index (χ3v) is 4.21. The van der Waals surface area contributed by atoms with E-state index in [1.165, 1.54) is 0 Å². The molecule has 0 fully saturated rings. The molecule has 3 rings (SSSR count). The van der Waals surface area contributed by atoms with Crippen molar-refractivity contribution in [2.24, 2.45) is 0 Å². The molecule has 1 aromatic carbocycles. The van der Waals surface area contributed by atoms with Crippen LogP contribution in [0.2, 0.25) is 0 Å². The van der Waals surface area contributed by atoms with Gasteiger partial charge in [-0.1, -0.05) is 18.2 Å². The molecule has 0 saturated carbocycles. The van der Waals surface area contributed by atoms with Crippen molar-refractivity contribution in [3.05, 3.63) is 52.1 Å². The van der Waals surface area contributed by atoms with E-state index in [2.05, 4.69) is 26.3 Å². The number of aryl methyl sites for hydroxylation is 1. The van der Waals surface area contributed by atoms with E-state index in [0.29, 0.717) is 5.69 Å². The third-order valence-electron chi connectivity index (χ3n) is 3.39. The fourth-order valence-electron chi connectivity index (χ4n) is 2.42. The minimum atomic E-state index is -0.0541. The van der Waals surface area contributed by atoms with Gasteiger partial charge in [0.05, 0.1) is 35.1 Å².